The number of piperidine rings is 1. The van der Waals surface area contributed by atoms with Gasteiger partial charge in [-0.1, -0.05) is 0 Å². The van der Waals surface area contributed by atoms with Crippen molar-refractivity contribution in [3.05, 3.63) is 0 Å². The van der Waals surface area contributed by atoms with Crippen LogP contribution in [0.1, 0.15) is 25.7 Å². The number of rotatable bonds is 2. The molecule has 2 unspecified atom stereocenters. The van der Waals surface area contributed by atoms with E-state index in [1.165, 1.54) is 20.0 Å². The van der Waals surface area contributed by atoms with Gasteiger partial charge in [0, 0.05) is 6.04 Å². The Morgan fingerprint density at radius 1 is 1.38 bits per heavy atom. The summed E-state index contributed by atoms with van der Waals surface area (Å²) in [7, 11) is 1.49. The molecule has 1 saturated carbocycles. The van der Waals surface area contributed by atoms with Crippen LogP contribution < -0.4 is 5.32 Å². The summed E-state index contributed by atoms with van der Waals surface area (Å²) in [6.45, 7) is 1.06. The van der Waals surface area contributed by atoms with Crippen LogP contribution in [-0.4, -0.2) is 25.7 Å². The SMILES string of the molecule is COC(=O)C1CCCNC1C1CC1. The molecule has 0 amide bonds. The zero-order chi connectivity index (χ0) is 9.26. The predicted octanol–water partition coefficient (Wildman–Crippen LogP) is 0.938. The monoisotopic (exact) mass is 183 g/mol. The molecule has 2 fully saturated rings. The molecular weight excluding hydrogens is 166 g/mol. The maximum absolute atomic E-state index is 11.4. The smallest absolute Gasteiger partial charge is 0.310 e. The molecule has 0 spiro atoms. The van der Waals surface area contributed by atoms with Crippen LogP contribution in [0.25, 0.3) is 0 Å². The number of ether oxygens (including phenoxy) is 1. The van der Waals surface area contributed by atoms with Crippen LogP contribution in [0.3, 0.4) is 0 Å². The van der Waals surface area contributed by atoms with Crippen molar-refractivity contribution in [3.63, 3.8) is 0 Å². The van der Waals surface area contributed by atoms with Crippen LogP contribution >= 0.6 is 0 Å². The van der Waals surface area contributed by atoms with Gasteiger partial charge in [-0.2, -0.15) is 0 Å². The molecule has 0 bridgehead atoms. The molecule has 74 valence electrons. The second kappa shape index (κ2) is 3.66. The third kappa shape index (κ3) is 1.85. The lowest BCUT2D eigenvalue weighted by Crippen LogP contribution is -2.46. The lowest BCUT2D eigenvalue weighted by molar-refractivity contribution is -0.147. The molecule has 2 aliphatic rings. The molecule has 0 radical (unpaired) electrons. The normalized spacial score (nSPS) is 34.2. The minimum absolute atomic E-state index is 0.0240. The van der Waals surface area contributed by atoms with Crippen molar-refractivity contribution >= 4 is 5.97 Å². The molecule has 3 heteroatoms. The summed E-state index contributed by atoms with van der Waals surface area (Å²) in [6, 6.07) is 0.404. The highest BCUT2D eigenvalue weighted by Gasteiger charge is 2.41. The van der Waals surface area contributed by atoms with Gasteiger partial charge in [0.1, 0.15) is 0 Å². The summed E-state index contributed by atoms with van der Waals surface area (Å²) in [5, 5.41) is 3.45. The Bertz CT molecular complexity index is 201. The van der Waals surface area contributed by atoms with E-state index in [2.05, 4.69) is 5.32 Å². The van der Waals surface area contributed by atoms with E-state index in [0.29, 0.717) is 6.04 Å². The molecule has 1 aliphatic carbocycles. The summed E-state index contributed by atoms with van der Waals surface area (Å²) in [5.74, 6) is 0.833. The second-order valence-corrected chi connectivity index (χ2v) is 4.09. The van der Waals surface area contributed by atoms with E-state index >= 15 is 0 Å². The fourth-order valence-corrected chi connectivity index (χ4v) is 2.28. The van der Waals surface area contributed by atoms with Crippen molar-refractivity contribution in [2.75, 3.05) is 13.7 Å². The van der Waals surface area contributed by atoms with E-state index in [-0.39, 0.29) is 11.9 Å². The van der Waals surface area contributed by atoms with Gasteiger partial charge in [-0.15, -0.1) is 0 Å². The average molecular weight is 183 g/mol. The first-order valence-corrected chi connectivity index (χ1v) is 5.14. The highest BCUT2D eigenvalue weighted by Crippen LogP contribution is 2.38. The van der Waals surface area contributed by atoms with Crippen LogP contribution in [0.4, 0.5) is 0 Å². The highest BCUT2D eigenvalue weighted by atomic mass is 16.5. The summed E-state index contributed by atoms with van der Waals surface area (Å²) in [6.07, 6.45) is 4.67. The molecule has 1 saturated heterocycles. The number of hydrogen-bond acceptors (Lipinski definition) is 3. The van der Waals surface area contributed by atoms with Crippen molar-refractivity contribution in [3.8, 4) is 0 Å². The standard InChI is InChI=1S/C10H17NO2/c1-13-10(12)8-3-2-6-11-9(8)7-4-5-7/h7-9,11H,2-6H2,1H3. The first kappa shape index (κ1) is 9.00. The number of carbonyl (C=O) groups is 1. The molecule has 0 aromatic heterocycles. The Hall–Kier alpha value is -0.570. The number of methoxy groups -OCH3 is 1. The van der Waals surface area contributed by atoms with Crippen molar-refractivity contribution in [1.82, 2.24) is 5.32 Å². The molecule has 0 aromatic rings. The Labute approximate surface area is 78.8 Å². The van der Waals surface area contributed by atoms with Crippen molar-refractivity contribution in [2.45, 2.75) is 31.7 Å². The van der Waals surface area contributed by atoms with E-state index in [0.717, 1.165) is 25.3 Å². The van der Waals surface area contributed by atoms with E-state index in [1.807, 2.05) is 0 Å². The van der Waals surface area contributed by atoms with Gasteiger partial charge in [0.25, 0.3) is 0 Å². The van der Waals surface area contributed by atoms with E-state index in [9.17, 15) is 4.79 Å². The molecule has 3 nitrogen and oxygen atoms in total. The molecule has 1 aliphatic heterocycles. The van der Waals surface area contributed by atoms with Crippen LogP contribution in [0, 0.1) is 11.8 Å². The van der Waals surface area contributed by atoms with Gasteiger partial charge in [-0.05, 0) is 38.1 Å². The zero-order valence-corrected chi connectivity index (χ0v) is 8.08. The molecule has 1 heterocycles. The maximum atomic E-state index is 11.4. The Morgan fingerprint density at radius 2 is 2.15 bits per heavy atom. The molecule has 0 aromatic carbocycles. The summed E-state index contributed by atoms with van der Waals surface area (Å²) >= 11 is 0. The first-order valence-electron chi connectivity index (χ1n) is 5.14. The Morgan fingerprint density at radius 3 is 2.77 bits per heavy atom. The van der Waals surface area contributed by atoms with Gasteiger partial charge in [-0.3, -0.25) is 4.79 Å². The molecule has 2 atom stereocenters. The topological polar surface area (TPSA) is 38.3 Å². The molecule has 13 heavy (non-hydrogen) atoms. The van der Waals surface area contributed by atoms with E-state index < -0.39 is 0 Å². The van der Waals surface area contributed by atoms with Gasteiger partial charge >= 0.3 is 5.97 Å². The summed E-state index contributed by atoms with van der Waals surface area (Å²) in [4.78, 5) is 11.4. The minimum atomic E-state index is -0.0240. The van der Waals surface area contributed by atoms with E-state index in [4.69, 9.17) is 4.74 Å². The summed E-state index contributed by atoms with van der Waals surface area (Å²) in [5.41, 5.74) is 0. The third-order valence-electron chi connectivity index (χ3n) is 3.14. The highest BCUT2D eigenvalue weighted by molar-refractivity contribution is 5.73. The van der Waals surface area contributed by atoms with Gasteiger partial charge in [-0.25, -0.2) is 0 Å². The lowest BCUT2D eigenvalue weighted by atomic mass is 9.88. The number of carbonyl (C=O) groups excluding carboxylic acids is 1. The number of esters is 1. The zero-order valence-electron chi connectivity index (χ0n) is 8.08. The van der Waals surface area contributed by atoms with Crippen molar-refractivity contribution in [1.29, 1.82) is 0 Å². The fraction of sp³-hybridized carbons (Fsp3) is 0.900. The number of nitrogens with one attached hydrogen (secondary N) is 1. The second-order valence-electron chi connectivity index (χ2n) is 4.09. The van der Waals surface area contributed by atoms with Crippen LogP contribution in [-0.2, 0) is 9.53 Å². The summed E-state index contributed by atoms with van der Waals surface area (Å²) < 4.78 is 4.82. The van der Waals surface area contributed by atoms with Crippen LogP contribution in [0.15, 0.2) is 0 Å². The molecule has 2 rings (SSSR count). The quantitative estimate of drug-likeness (QED) is 0.647. The Balaban J connectivity index is 1.99. The lowest BCUT2D eigenvalue weighted by Gasteiger charge is -2.30. The van der Waals surface area contributed by atoms with Crippen molar-refractivity contribution < 1.29 is 9.53 Å². The maximum Gasteiger partial charge on any atom is 0.310 e. The van der Waals surface area contributed by atoms with E-state index in [1.54, 1.807) is 0 Å². The van der Waals surface area contributed by atoms with Crippen LogP contribution in [0.5, 0.6) is 0 Å². The van der Waals surface area contributed by atoms with Gasteiger partial charge in [0.15, 0.2) is 0 Å². The first-order chi connectivity index (χ1) is 6.33. The van der Waals surface area contributed by atoms with Gasteiger partial charge < -0.3 is 10.1 Å². The van der Waals surface area contributed by atoms with Gasteiger partial charge in [0.05, 0.1) is 13.0 Å². The molecular formula is C10H17NO2. The van der Waals surface area contributed by atoms with Gasteiger partial charge in [0.2, 0.25) is 0 Å². The largest absolute Gasteiger partial charge is 0.469 e. The molecule has 1 N–H and O–H groups in total. The number of hydrogen-bond donors (Lipinski definition) is 1. The third-order valence-corrected chi connectivity index (χ3v) is 3.14. The van der Waals surface area contributed by atoms with Crippen LogP contribution in [0.2, 0.25) is 0 Å². The Kier molecular flexibility index (Phi) is 2.54. The average Bonchev–Trinajstić information content (AvgIpc) is 3.00. The minimum Gasteiger partial charge on any atom is -0.469 e. The fourth-order valence-electron chi connectivity index (χ4n) is 2.28. The predicted molar refractivity (Wildman–Crippen MR) is 49.3 cm³/mol. The van der Waals surface area contributed by atoms with Crippen molar-refractivity contribution in [2.24, 2.45) is 11.8 Å².